The molecule has 0 heterocycles. The van der Waals surface area contributed by atoms with E-state index in [1.807, 2.05) is 9.78 Å². The Hall–Kier alpha value is -3.14. The van der Waals surface area contributed by atoms with Crippen LogP contribution in [0.15, 0.2) is 0 Å². The molecule has 0 aliphatic heterocycles. The summed E-state index contributed by atoms with van der Waals surface area (Å²) >= 11 is 0. The molecule has 12 nitrogen and oxygen atoms in total. The lowest BCUT2D eigenvalue weighted by molar-refractivity contribution is -0.526. The SMILES string of the molecule is O=C(OOC(=O)C(F)(OC(F)(F)C(F)(OC(F)(F)CS(=O)(=O)F)C(F)(F)F)C(F)(F)F)C(F)(OC(F)(F)C(F)(OC(F)(F)CS(=O)(=O)F)C(F)(F)F)C(F)(F)F. The largest absolute Gasteiger partial charge is 0.460 e. The summed E-state index contributed by atoms with van der Waals surface area (Å²) in [6.07, 6.45) is -62.8. The highest BCUT2D eigenvalue weighted by Crippen LogP contribution is 2.55. The number of halogens is 26. The molecule has 0 saturated carbocycles. The van der Waals surface area contributed by atoms with E-state index in [1.165, 1.54) is 9.47 Å². The maximum absolute atomic E-state index is 14.4. The third-order valence-electron chi connectivity index (χ3n) is 4.72. The molecule has 4 unspecified atom stereocenters. The molecule has 0 aliphatic carbocycles. The highest BCUT2D eigenvalue weighted by atomic mass is 32.3. The molecule has 0 aromatic rings. The lowest BCUT2D eigenvalue weighted by Gasteiger charge is -2.38. The van der Waals surface area contributed by atoms with Crippen LogP contribution in [0.5, 0.6) is 0 Å². The first kappa shape index (κ1) is 52.9. The van der Waals surface area contributed by atoms with E-state index in [4.69, 9.17) is 0 Å². The van der Waals surface area contributed by atoms with Gasteiger partial charge in [0.25, 0.3) is 0 Å². The van der Waals surface area contributed by atoms with Gasteiger partial charge in [-0.25, -0.2) is 19.4 Å². The van der Waals surface area contributed by atoms with Crippen LogP contribution in [0.4, 0.5) is 113 Å². The number of rotatable bonds is 16. The van der Waals surface area contributed by atoms with E-state index in [2.05, 4.69) is 0 Å². The van der Waals surface area contributed by atoms with Gasteiger partial charge in [-0.1, -0.05) is 0 Å². The van der Waals surface area contributed by atoms with Crippen LogP contribution in [0.1, 0.15) is 0 Å². The fraction of sp³-hybridized carbons (Fsp3) is 0.875. The lowest BCUT2D eigenvalue weighted by Crippen LogP contribution is -2.66. The average Bonchev–Trinajstić information content (AvgIpc) is 2.84. The summed E-state index contributed by atoms with van der Waals surface area (Å²) in [7, 11) is -14.0. The molecule has 0 bridgehead atoms. The van der Waals surface area contributed by atoms with Gasteiger partial charge in [0.05, 0.1) is 0 Å². The predicted molar refractivity (Wildman–Crippen MR) is 106 cm³/mol. The van der Waals surface area contributed by atoms with E-state index >= 15 is 0 Å². The third-order valence-corrected chi connectivity index (χ3v) is 6.09. The Bertz CT molecular complexity index is 1550. The molecule has 0 aromatic carbocycles. The monoisotopic (exact) mass is 946 g/mol. The molecule has 40 heteroatoms. The Morgan fingerprint density at radius 2 is 0.589 bits per heavy atom. The fourth-order valence-electron chi connectivity index (χ4n) is 2.53. The minimum absolute atomic E-state index is 1.46. The molecule has 0 fully saturated rings. The van der Waals surface area contributed by atoms with E-state index < -0.39 is 116 Å². The topological polar surface area (TPSA) is 158 Å². The molecule has 56 heavy (non-hydrogen) atoms. The molecule has 0 aliphatic rings. The summed E-state index contributed by atoms with van der Waals surface area (Å²) in [4.78, 5) is 26.7. The van der Waals surface area contributed by atoms with Crippen molar-refractivity contribution in [3.05, 3.63) is 0 Å². The van der Waals surface area contributed by atoms with E-state index in [-0.39, 0.29) is 0 Å². The highest BCUT2D eigenvalue weighted by Gasteiger charge is 2.84. The lowest BCUT2D eigenvalue weighted by atomic mass is 10.2. The van der Waals surface area contributed by atoms with E-state index in [1.54, 1.807) is 9.47 Å². The number of ether oxygens (including phenoxy) is 4. The van der Waals surface area contributed by atoms with Crippen LogP contribution in [-0.4, -0.2) is 113 Å². The molecule has 4 atom stereocenters. The standard InChI is InChI=1S/C16H4F26O12S2/c17-5(18,1-55(41,45)46)51-9(23,13(31,32)33)15(37,38)53-7(21,11(25,26)27)3(43)49-50-4(44)8(22,12(28,29)30)54-16(39,40)10(24,14(34,35)36)52-6(19,20)2-56(42,47)48/h1-2H2. The van der Waals surface area contributed by atoms with Crippen LogP contribution in [0.2, 0.25) is 0 Å². The second-order valence-corrected chi connectivity index (χ2v) is 11.9. The van der Waals surface area contributed by atoms with Crippen LogP contribution >= 0.6 is 0 Å². The van der Waals surface area contributed by atoms with Crippen molar-refractivity contribution in [3.8, 4) is 0 Å². The van der Waals surface area contributed by atoms with Crippen molar-refractivity contribution in [1.82, 2.24) is 0 Å². The predicted octanol–water partition coefficient (Wildman–Crippen LogP) is 5.94. The van der Waals surface area contributed by atoms with Crippen molar-refractivity contribution in [1.29, 1.82) is 0 Å². The molecule has 0 spiro atoms. The molecule has 0 saturated heterocycles. The van der Waals surface area contributed by atoms with Gasteiger partial charge < -0.3 is 0 Å². The second-order valence-electron chi connectivity index (χ2n) is 9.20. The number of hydrogen-bond acceptors (Lipinski definition) is 12. The first-order valence-electron chi connectivity index (χ1n) is 11.4. The number of alkyl halides is 24. The van der Waals surface area contributed by atoms with Gasteiger partial charge in [0.1, 0.15) is 0 Å². The summed E-state index contributed by atoms with van der Waals surface area (Å²) in [5.41, 5.74) is 0. The molecule has 0 N–H and O–H groups in total. The van der Waals surface area contributed by atoms with Gasteiger partial charge in [0, 0.05) is 0 Å². The molecular weight excluding hydrogens is 942 g/mol. The van der Waals surface area contributed by atoms with Crippen molar-refractivity contribution in [2.75, 3.05) is 11.5 Å². The van der Waals surface area contributed by atoms with Gasteiger partial charge in [-0.2, -0.15) is 122 Å². The molecular formula is C16H4F26O12S2. The van der Waals surface area contributed by atoms with Crippen molar-refractivity contribution in [2.45, 2.75) is 72.6 Å². The fourth-order valence-corrected chi connectivity index (χ4v) is 3.46. The maximum atomic E-state index is 14.4. The first-order valence-corrected chi connectivity index (χ1v) is 14.5. The zero-order valence-corrected chi connectivity index (χ0v) is 25.6. The van der Waals surface area contributed by atoms with Crippen LogP contribution in [0.25, 0.3) is 0 Å². The summed E-state index contributed by atoms with van der Waals surface area (Å²) < 4.78 is 395. The van der Waals surface area contributed by atoms with E-state index in [0.29, 0.717) is 0 Å². The van der Waals surface area contributed by atoms with Crippen molar-refractivity contribution in [2.24, 2.45) is 0 Å². The molecule has 0 rings (SSSR count). The highest BCUT2D eigenvalue weighted by molar-refractivity contribution is 7.86. The third kappa shape index (κ3) is 11.7. The number of carbonyl (C=O) groups excluding carboxylic acids is 2. The molecule has 0 amide bonds. The Balaban J connectivity index is 7.07. The van der Waals surface area contributed by atoms with Crippen molar-refractivity contribution < 1.29 is 168 Å². The second kappa shape index (κ2) is 14.9. The quantitative estimate of drug-likeness (QED) is 0.0779. The zero-order valence-electron chi connectivity index (χ0n) is 24.0. The Labute approximate surface area is 285 Å². The first-order chi connectivity index (χ1) is 23.8. The van der Waals surface area contributed by atoms with Gasteiger partial charge in [-0.3, -0.25) is 18.9 Å². The molecule has 334 valence electrons. The van der Waals surface area contributed by atoms with E-state index in [9.17, 15) is 140 Å². The smallest absolute Gasteiger partial charge is 0.267 e. The van der Waals surface area contributed by atoms with Crippen LogP contribution in [0.3, 0.4) is 0 Å². The average molecular weight is 946 g/mol. The van der Waals surface area contributed by atoms with Crippen LogP contribution in [-0.2, 0) is 58.8 Å². The summed E-state index contributed by atoms with van der Waals surface area (Å²) in [6.45, 7) is 0. The van der Waals surface area contributed by atoms with Gasteiger partial charge in [-0.05, 0) is 0 Å². The normalized spacial score (nSPS) is 19.2. The van der Waals surface area contributed by atoms with Gasteiger partial charge in [0.15, 0.2) is 11.5 Å². The van der Waals surface area contributed by atoms with Crippen molar-refractivity contribution in [3.63, 3.8) is 0 Å². The Morgan fingerprint density at radius 3 is 0.750 bits per heavy atom. The maximum Gasteiger partial charge on any atom is 0.460 e. The summed E-state index contributed by atoms with van der Waals surface area (Å²) in [5.74, 6) is -50.4. The molecule has 0 aromatic heterocycles. The minimum atomic E-state index is -8.35. The minimum Gasteiger partial charge on any atom is -0.267 e. The van der Waals surface area contributed by atoms with Crippen LogP contribution < -0.4 is 0 Å². The Morgan fingerprint density at radius 1 is 0.375 bits per heavy atom. The Kier molecular flexibility index (Phi) is 14.1. The van der Waals surface area contributed by atoms with Gasteiger partial charge in [-0.15, -0.1) is 7.77 Å². The molecule has 0 radical (unpaired) electrons. The van der Waals surface area contributed by atoms with Crippen LogP contribution in [0, 0.1) is 0 Å². The summed E-state index contributed by atoms with van der Waals surface area (Å²) in [6, 6.07) is 0. The number of hydrogen-bond donors (Lipinski definition) is 0. The summed E-state index contributed by atoms with van der Waals surface area (Å²) in [5, 5.41) is 0. The van der Waals surface area contributed by atoms with Crippen molar-refractivity contribution >= 4 is 32.4 Å². The van der Waals surface area contributed by atoms with E-state index in [0.717, 1.165) is 0 Å². The van der Waals surface area contributed by atoms with Gasteiger partial charge >= 0.3 is 105 Å². The number of carbonyl (C=O) groups is 2. The van der Waals surface area contributed by atoms with Gasteiger partial charge in [0.2, 0.25) is 0 Å². The zero-order chi connectivity index (χ0) is 45.8.